The molecule has 1 aliphatic rings. The Morgan fingerprint density at radius 3 is 2.63 bits per heavy atom. The van der Waals surface area contributed by atoms with Gasteiger partial charge in [-0.2, -0.15) is 0 Å². The summed E-state index contributed by atoms with van der Waals surface area (Å²) in [6.07, 6.45) is 4.04. The number of aromatic hydroxyl groups is 1. The first-order valence-corrected chi connectivity index (χ1v) is 9.06. The first-order valence-electron chi connectivity index (χ1n) is 9.06. The van der Waals surface area contributed by atoms with Gasteiger partial charge in [0.1, 0.15) is 17.2 Å². The number of nitrogens with one attached hydrogen (secondary N) is 2. The quantitative estimate of drug-likeness (QED) is 0.614. The number of aryl methyl sites for hydroxylation is 2. The van der Waals surface area contributed by atoms with Gasteiger partial charge < -0.3 is 19.8 Å². The highest BCUT2D eigenvalue weighted by molar-refractivity contribution is 6.13. The second kappa shape index (κ2) is 6.50. The van der Waals surface area contributed by atoms with E-state index in [1.807, 2.05) is 45.1 Å². The maximum atomic E-state index is 9.69. The van der Waals surface area contributed by atoms with Crippen molar-refractivity contribution in [3.63, 3.8) is 0 Å². The third-order valence-corrected chi connectivity index (χ3v) is 4.48. The molecule has 0 unspecified atom stereocenters. The number of aromatic amines is 2. The Hall–Kier alpha value is -3.21. The van der Waals surface area contributed by atoms with Gasteiger partial charge in [-0.15, -0.1) is 0 Å². The molecule has 27 heavy (non-hydrogen) atoms. The second-order valence-electron chi connectivity index (χ2n) is 7.21. The molecule has 0 aliphatic carbocycles. The number of phenolic OH excluding ortho intramolecular Hbond substituents is 1. The van der Waals surface area contributed by atoms with Crippen LogP contribution in [0.25, 0.3) is 17.0 Å². The predicted octanol–water partition coefficient (Wildman–Crippen LogP) is 4.97. The zero-order valence-electron chi connectivity index (χ0n) is 15.9. The van der Waals surface area contributed by atoms with Crippen LogP contribution in [0.2, 0.25) is 0 Å². The molecule has 5 nitrogen and oxygen atoms in total. The van der Waals surface area contributed by atoms with Gasteiger partial charge >= 0.3 is 0 Å². The first kappa shape index (κ1) is 17.2. The van der Waals surface area contributed by atoms with Gasteiger partial charge in [0.25, 0.3) is 0 Å². The number of fused-ring (bicyclic) bond motifs is 1. The van der Waals surface area contributed by atoms with Crippen LogP contribution in [0.5, 0.6) is 5.75 Å². The molecule has 0 spiro atoms. The number of aromatic nitrogens is 2. The molecule has 0 atom stereocenters. The summed E-state index contributed by atoms with van der Waals surface area (Å²) in [4.78, 5) is 11.5. The number of phenols is 1. The van der Waals surface area contributed by atoms with Gasteiger partial charge in [0.2, 0.25) is 0 Å². The van der Waals surface area contributed by atoms with Gasteiger partial charge in [-0.3, -0.25) is 0 Å². The fourth-order valence-electron chi connectivity index (χ4n) is 3.29. The number of nitrogens with zero attached hydrogens (tertiary/aromatic N) is 1. The highest BCUT2D eigenvalue weighted by Crippen LogP contribution is 2.29. The molecular formula is C22H23N3O2. The SMILES string of the molecule is Cc1cc(C)c(C=C2N=C(c3cc4ccc(O)cc4[nH]3)C=C2OC(C)C)[nH]1. The van der Waals surface area contributed by atoms with Crippen LogP contribution in [-0.2, 0) is 4.74 Å². The summed E-state index contributed by atoms with van der Waals surface area (Å²) in [6.45, 7) is 8.13. The molecule has 3 N–H and O–H groups in total. The molecule has 4 rings (SSSR count). The van der Waals surface area contributed by atoms with Crippen LogP contribution in [-0.4, -0.2) is 26.9 Å². The van der Waals surface area contributed by atoms with Crippen molar-refractivity contribution in [1.29, 1.82) is 0 Å². The lowest BCUT2D eigenvalue weighted by Crippen LogP contribution is -2.02. The molecule has 1 aliphatic heterocycles. The van der Waals surface area contributed by atoms with Gasteiger partial charge in [0.05, 0.1) is 17.5 Å². The van der Waals surface area contributed by atoms with Gasteiger partial charge in [0.15, 0.2) is 0 Å². The van der Waals surface area contributed by atoms with E-state index in [0.29, 0.717) is 0 Å². The number of hydrogen-bond acceptors (Lipinski definition) is 3. The molecule has 0 bridgehead atoms. The Labute approximate surface area is 158 Å². The summed E-state index contributed by atoms with van der Waals surface area (Å²) in [5.74, 6) is 0.995. The van der Waals surface area contributed by atoms with E-state index in [4.69, 9.17) is 9.73 Å². The van der Waals surface area contributed by atoms with Crippen LogP contribution in [0.3, 0.4) is 0 Å². The van der Waals surface area contributed by atoms with Crippen LogP contribution in [0, 0.1) is 13.8 Å². The molecule has 2 aromatic heterocycles. The van der Waals surface area contributed by atoms with Gasteiger partial charge in [-0.05, 0) is 63.6 Å². The van der Waals surface area contributed by atoms with Crippen molar-refractivity contribution in [3.05, 3.63) is 70.5 Å². The zero-order chi connectivity index (χ0) is 19.1. The molecule has 3 aromatic rings. The van der Waals surface area contributed by atoms with E-state index in [1.165, 1.54) is 5.56 Å². The average molecular weight is 361 g/mol. The molecule has 1 aromatic carbocycles. The fraction of sp³-hybridized carbons (Fsp3) is 0.227. The number of aliphatic imine (C=N–C) groups is 1. The number of benzene rings is 1. The molecule has 138 valence electrons. The zero-order valence-corrected chi connectivity index (χ0v) is 15.9. The summed E-state index contributed by atoms with van der Waals surface area (Å²) in [5, 5.41) is 10.7. The lowest BCUT2D eigenvalue weighted by molar-refractivity contribution is 0.155. The summed E-state index contributed by atoms with van der Waals surface area (Å²) in [5.41, 5.74) is 6.70. The van der Waals surface area contributed by atoms with E-state index >= 15 is 0 Å². The van der Waals surface area contributed by atoms with Crippen molar-refractivity contribution in [1.82, 2.24) is 9.97 Å². The van der Waals surface area contributed by atoms with Crippen molar-refractivity contribution in [2.24, 2.45) is 4.99 Å². The van der Waals surface area contributed by atoms with Crippen molar-refractivity contribution in [2.75, 3.05) is 0 Å². The highest BCUT2D eigenvalue weighted by Gasteiger charge is 2.20. The minimum Gasteiger partial charge on any atom is -0.508 e. The molecular weight excluding hydrogens is 338 g/mol. The minimum atomic E-state index is 0.0559. The number of hydrogen-bond donors (Lipinski definition) is 3. The Morgan fingerprint density at radius 2 is 1.93 bits per heavy atom. The van der Waals surface area contributed by atoms with Crippen LogP contribution in [0.4, 0.5) is 0 Å². The van der Waals surface area contributed by atoms with E-state index in [1.54, 1.807) is 12.1 Å². The number of allylic oxidation sites excluding steroid dienone is 1. The van der Waals surface area contributed by atoms with Crippen molar-refractivity contribution < 1.29 is 9.84 Å². The number of rotatable bonds is 4. The van der Waals surface area contributed by atoms with Crippen LogP contribution < -0.4 is 0 Å². The molecule has 3 heterocycles. The molecule has 0 amide bonds. The van der Waals surface area contributed by atoms with Gasteiger partial charge in [0, 0.05) is 34.4 Å². The summed E-state index contributed by atoms with van der Waals surface area (Å²) < 4.78 is 6.00. The number of H-pyrrole nitrogens is 2. The maximum absolute atomic E-state index is 9.69. The molecule has 0 radical (unpaired) electrons. The monoisotopic (exact) mass is 361 g/mol. The van der Waals surface area contributed by atoms with E-state index < -0.39 is 0 Å². The van der Waals surface area contributed by atoms with Gasteiger partial charge in [-0.25, -0.2) is 4.99 Å². The minimum absolute atomic E-state index is 0.0559. The Kier molecular flexibility index (Phi) is 4.15. The largest absolute Gasteiger partial charge is 0.508 e. The Bertz CT molecular complexity index is 1110. The molecule has 0 fully saturated rings. The van der Waals surface area contributed by atoms with Crippen molar-refractivity contribution >= 4 is 22.7 Å². The highest BCUT2D eigenvalue weighted by atomic mass is 16.5. The van der Waals surface area contributed by atoms with E-state index in [2.05, 4.69) is 23.0 Å². The second-order valence-corrected chi connectivity index (χ2v) is 7.21. The van der Waals surface area contributed by atoms with Gasteiger partial charge in [-0.1, -0.05) is 0 Å². The van der Waals surface area contributed by atoms with Crippen LogP contribution in [0.1, 0.15) is 36.5 Å². The lowest BCUT2D eigenvalue weighted by Gasteiger charge is -2.11. The Balaban J connectivity index is 1.77. The van der Waals surface area contributed by atoms with Crippen LogP contribution in [0.15, 0.2) is 52.9 Å². The molecule has 0 saturated heterocycles. The standard InChI is InChI=1S/C22H23N3O2/c1-12(2)27-22-11-20(19-8-15-5-6-16(26)9-18(15)24-19)25-21(22)10-17-13(3)7-14(4)23-17/h5-12,23-24,26H,1-4H3. The van der Waals surface area contributed by atoms with E-state index in [9.17, 15) is 5.11 Å². The van der Waals surface area contributed by atoms with Crippen LogP contribution >= 0.6 is 0 Å². The Morgan fingerprint density at radius 1 is 1.11 bits per heavy atom. The smallest absolute Gasteiger partial charge is 0.147 e. The van der Waals surface area contributed by atoms with Crippen molar-refractivity contribution in [2.45, 2.75) is 33.8 Å². The lowest BCUT2D eigenvalue weighted by atomic mass is 10.2. The summed E-state index contributed by atoms with van der Waals surface area (Å²) in [6, 6.07) is 9.43. The number of ether oxygens (including phenoxy) is 1. The average Bonchev–Trinajstić information content (AvgIpc) is 3.25. The predicted molar refractivity (Wildman–Crippen MR) is 109 cm³/mol. The van der Waals surface area contributed by atoms with Crippen molar-refractivity contribution in [3.8, 4) is 5.75 Å². The van der Waals surface area contributed by atoms with E-state index in [-0.39, 0.29) is 11.9 Å². The summed E-state index contributed by atoms with van der Waals surface area (Å²) in [7, 11) is 0. The maximum Gasteiger partial charge on any atom is 0.147 e. The topological polar surface area (TPSA) is 73.4 Å². The first-order chi connectivity index (χ1) is 12.9. The summed E-state index contributed by atoms with van der Waals surface area (Å²) >= 11 is 0. The molecule has 0 saturated carbocycles. The molecule has 5 heteroatoms. The fourth-order valence-corrected chi connectivity index (χ4v) is 3.29. The normalized spacial score (nSPS) is 15.7. The third-order valence-electron chi connectivity index (χ3n) is 4.48. The van der Waals surface area contributed by atoms with E-state index in [0.717, 1.165) is 45.2 Å². The third kappa shape index (κ3) is 3.40.